The molecule has 3 rings (SSSR count). The molecule has 0 spiro atoms. The van der Waals surface area contributed by atoms with Gasteiger partial charge in [-0.3, -0.25) is 0 Å². The second kappa shape index (κ2) is 3.55. The average Bonchev–Trinajstić information content (AvgIpc) is 2.30. The number of hydrogen-bond acceptors (Lipinski definition) is 2. The molecule has 0 saturated carbocycles. The predicted octanol–water partition coefficient (Wildman–Crippen LogP) is 3.23. The Hall–Kier alpha value is -0.980. The van der Waals surface area contributed by atoms with E-state index in [9.17, 15) is 0 Å². The van der Waals surface area contributed by atoms with Crippen LogP contribution in [0.4, 0.5) is 0 Å². The summed E-state index contributed by atoms with van der Waals surface area (Å²) in [6, 6.07) is 16.3. The monoisotopic (exact) mass is 231 g/mol. The quantitative estimate of drug-likeness (QED) is 0.508. The Kier molecular flexibility index (Phi) is 2.19. The van der Waals surface area contributed by atoms with Gasteiger partial charge in [-0.05, 0) is 24.3 Å². The minimum absolute atomic E-state index is 0.911. The smallest absolute Gasteiger partial charge is 0.128 e. The lowest BCUT2D eigenvalue weighted by Crippen LogP contribution is -2.12. The Labute approximate surface area is 95.1 Å². The van der Waals surface area contributed by atoms with E-state index in [1.54, 1.807) is 0 Å². The van der Waals surface area contributed by atoms with Crippen molar-refractivity contribution in [3.05, 3.63) is 48.5 Å². The SMILES string of the molecule is [S-]P1Oc2ccccc2-c2ccccc21. The summed E-state index contributed by atoms with van der Waals surface area (Å²) in [6.45, 7) is 0. The number of para-hydroxylation sites is 1. The molecule has 3 heteroatoms. The fraction of sp³-hybridized carbons (Fsp3) is 0. The Bertz CT molecular complexity index is 512. The van der Waals surface area contributed by atoms with E-state index in [1.807, 2.05) is 30.3 Å². The first-order valence-corrected chi connectivity index (χ1v) is 6.97. The minimum atomic E-state index is -0.911. The first-order chi connectivity index (χ1) is 7.36. The number of fused-ring (bicyclic) bond motifs is 3. The van der Waals surface area contributed by atoms with E-state index >= 15 is 0 Å². The van der Waals surface area contributed by atoms with Gasteiger partial charge in [0.1, 0.15) is 5.75 Å². The summed E-state index contributed by atoms with van der Waals surface area (Å²) >= 11 is 5.36. The highest BCUT2D eigenvalue weighted by molar-refractivity contribution is 8.34. The molecule has 1 unspecified atom stereocenters. The number of benzene rings is 2. The van der Waals surface area contributed by atoms with Gasteiger partial charge in [0.15, 0.2) is 0 Å². The third kappa shape index (κ3) is 1.45. The van der Waals surface area contributed by atoms with Crippen LogP contribution >= 0.6 is 7.35 Å². The van der Waals surface area contributed by atoms with E-state index in [1.165, 1.54) is 5.56 Å². The summed E-state index contributed by atoms with van der Waals surface area (Å²) in [5.41, 5.74) is 2.37. The highest BCUT2D eigenvalue weighted by Gasteiger charge is 2.17. The molecule has 0 fully saturated rings. The van der Waals surface area contributed by atoms with E-state index in [-0.39, 0.29) is 0 Å². The third-order valence-electron chi connectivity index (χ3n) is 2.46. The van der Waals surface area contributed by atoms with Crippen LogP contribution in [0.25, 0.3) is 11.1 Å². The van der Waals surface area contributed by atoms with Crippen LogP contribution in [0.5, 0.6) is 5.75 Å². The highest BCUT2D eigenvalue weighted by Crippen LogP contribution is 2.46. The molecule has 1 aliphatic heterocycles. The minimum Gasteiger partial charge on any atom is -0.712 e. The van der Waals surface area contributed by atoms with Gasteiger partial charge in [-0.25, -0.2) is 0 Å². The lowest BCUT2D eigenvalue weighted by atomic mass is 10.0. The van der Waals surface area contributed by atoms with Gasteiger partial charge in [-0.15, -0.1) is 0 Å². The second-order valence-electron chi connectivity index (χ2n) is 3.36. The number of rotatable bonds is 0. The zero-order chi connectivity index (χ0) is 10.3. The molecule has 2 aromatic carbocycles. The van der Waals surface area contributed by atoms with Crippen LogP contribution in [0.15, 0.2) is 48.5 Å². The van der Waals surface area contributed by atoms with Gasteiger partial charge in [-0.1, -0.05) is 42.5 Å². The second-order valence-corrected chi connectivity index (χ2v) is 5.54. The molecule has 0 aromatic heterocycles. The van der Waals surface area contributed by atoms with Crippen LogP contribution in [-0.2, 0) is 12.2 Å². The molecular formula is C12H8OPS-. The van der Waals surface area contributed by atoms with Crippen LogP contribution in [0.2, 0.25) is 0 Å². The van der Waals surface area contributed by atoms with Gasteiger partial charge in [0.2, 0.25) is 0 Å². The van der Waals surface area contributed by atoms with Gasteiger partial charge in [-0.2, -0.15) is 0 Å². The maximum Gasteiger partial charge on any atom is 0.128 e. The summed E-state index contributed by atoms with van der Waals surface area (Å²) in [6.07, 6.45) is 0. The summed E-state index contributed by atoms with van der Waals surface area (Å²) < 4.78 is 5.74. The highest BCUT2D eigenvalue weighted by atomic mass is 32.7. The van der Waals surface area contributed by atoms with Gasteiger partial charge < -0.3 is 16.8 Å². The first-order valence-electron chi connectivity index (χ1n) is 4.70. The molecule has 1 nitrogen and oxygen atoms in total. The fourth-order valence-corrected chi connectivity index (χ4v) is 3.52. The van der Waals surface area contributed by atoms with Gasteiger partial charge >= 0.3 is 0 Å². The molecule has 15 heavy (non-hydrogen) atoms. The molecule has 2 aromatic rings. The van der Waals surface area contributed by atoms with E-state index in [2.05, 4.69) is 18.2 Å². The van der Waals surface area contributed by atoms with Crippen molar-refractivity contribution in [2.45, 2.75) is 0 Å². The predicted molar refractivity (Wildman–Crippen MR) is 66.4 cm³/mol. The van der Waals surface area contributed by atoms with Crippen LogP contribution in [0.3, 0.4) is 0 Å². The van der Waals surface area contributed by atoms with E-state index in [0.717, 1.165) is 16.6 Å². The van der Waals surface area contributed by atoms with Crippen LogP contribution in [-0.4, -0.2) is 0 Å². The van der Waals surface area contributed by atoms with Crippen molar-refractivity contribution in [1.29, 1.82) is 0 Å². The van der Waals surface area contributed by atoms with Crippen molar-refractivity contribution in [3.63, 3.8) is 0 Å². The van der Waals surface area contributed by atoms with Gasteiger partial charge in [0, 0.05) is 5.56 Å². The van der Waals surface area contributed by atoms with E-state index < -0.39 is 7.35 Å². The van der Waals surface area contributed by atoms with Crippen molar-refractivity contribution in [1.82, 2.24) is 0 Å². The van der Waals surface area contributed by atoms with E-state index in [0.29, 0.717) is 0 Å². The lowest BCUT2D eigenvalue weighted by Gasteiger charge is -2.32. The zero-order valence-electron chi connectivity index (χ0n) is 7.88. The Morgan fingerprint density at radius 2 is 1.53 bits per heavy atom. The molecule has 0 saturated heterocycles. The largest absolute Gasteiger partial charge is 0.712 e. The Balaban J connectivity index is 2.30. The van der Waals surface area contributed by atoms with Gasteiger partial charge in [0.05, 0.1) is 0 Å². The molecular weight excluding hydrogens is 223 g/mol. The zero-order valence-corrected chi connectivity index (χ0v) is 9.59. The van der Waals surface area contributed by atoms with Gasteiger partial charge in [0.25, 0.3) is 0 Å². The molecule has 1 heterocycles. The van der Waals surface area contributed by atoms with Crippen molar-refractivity contribution in [2.24, 2.45) is 0 Å². The van der Waals surface area contributed by atoms with Crippen molar-refractivity contribution in [3.8, 4) is 16.9 Å². The maximum atomic E-state index is 5.74. The molecule has 0 radical (unpaired) electrons. The Morgan fingerprint density at radius 1 is 0.867 bits per heavy atom. The molecule has 0 amide bonds. The maximum absolute atomic E-state index is 5.74. The lowest BCUT2D eigenvalue weighted by molar-refractivity contribution is 0.634. The molecule has 0 aliphatic carbocycles. The van der Waals surface area contributed by atoms with E-state index in [4.69, 9.17) is 16.8 Å². The first kappa shape index (κ1) is 9.26. The topological polar surface area (TPSA) is 9.23 Å². The van der Waals surface area contributed by atoms with Crippen LogP contribution in [0, 0.1) is 0 Å². The number of hydrogen-bond donors (Lipinski definition) is 0. The van der Waals surface area contributed by atoms with Crippen LogP contribution < -0.4 is 9.83 Å². The molecule has 74 valence electrons. The summed E-state index contributed by atoms with van der Waals surface area (Å²) in [5, 5.41) is 1.15. The standard InChI is InChI=1S/C12H8OPS/c15-14-12-8-4-2-6-10(12)9-5-1-3-7-11(9)13-14/h1-8H/q-1. The molecule has 1 atom stereocenters. The van der Waals surface area contributed by atoms with Crippen molar-refractivity contribution in [2.75, 3.05) is 0 Å². The third-order valence-corrected chi connectivity index (χ3v) is 4.42. The fourth-order valence-electron chi connectivity index (χ4n) is 1.77. The molecule has 1 aliphatic rings. The summed E-state index contributed by atoms with van der Waals surface area (Å²) in [5.74, 6) is 0.914. The summed E-state index contributed by atoms with van der Waals surface area (Å²) in [4.78, 5) is 0. The normalized spacial score (nSPS) is 17.5. The summed E-state index contributed by atoms with van der Waals surface area (Å²) in [7, 11) is -0.911. The van der Waals surface area contributed by atoms with Crippen molar-refractivity contribution < 1.29 is 4.52 Å². The molecule has 0 N–H and O–H groups in total. The average molecular weight is 231 g/mol. The molecule has 0 bridgehead atoms. The Morgan fingerprint density at radius 3 is 2.40 bits per heavy atom. The van der Waals surface area contributed by atoms with Crippen LogP contribution in [0.1, 0.15) is 0 Å². The van der Waals surface area contributed by atoms with Crippen molar-refractivity contribution >= 4 is 24.9 Å².